The van der Waals surface area contributed by atoms with Crippen molar-refractivity contribution in [2.75, 3.05) is 24.6 Å². The Morgan fingerprint density at radius 2 is 1.92 bits per heavy atom. The predicted molar refractivity (Wildman–Crippen MR) is 96.1 cm³/mol. The molecule has 0 unspecified atom stereocenters. The van der Waals surface area contributed by atoms with Gasteiger partial charge in [-0.05, 0) is 36.8 Å². The number of aromatic nitrogens is 1. The number of nitrogens with zero attached hydrogens (tertiary/aromatic N) is 2. The third kappa shape index (κ3) is 3.66. The fraction of sp³-hybridized carbons (Fsp3) is 0.278. The summed E-state index contributed by atoms with van der Waals surface area (Å²) >= 11 is 1.83. The van der Waals surface area contributed by atoms with Crippen molar-refractivity contribution in [3.63, 3.8) is 0 Å². The first-order chi connectivity index (χ1) is 12.0. The van der Waals surface area contributed by atoms with Gasteiger partial charge < -0.3 is 10.6 Å². The zero-order valence-electron chi connectivity index (χ0n) is 13.8. The van der Waals surface area contributed by atoms with Crippen molar-refractivity contribution in [2.24, 2.45) is 5.73 Å². The predicted octanol–water partition coefficient (Wildman–Crippen LogP) is 2.48. The van der Waals surface area contributed by atoms with Crippen molar-refractivity contribution < 1.29 is 14.0 Å². The maximum Gasteiger partial charge on any atom is 0.255 e. The number of halogens is 1. The second-order valence-corrected chi connectivity index (χ2v) is 7.06. The molecule has 0 atom stereocenters. The van der Waals surface area contributed by atoms with E-state index in [1.54, 1.807) is 19.1 Å². The van der Waals surface area contributed by atoms with E-state index >= 15 is 0 Å². The van der Waals surface area contributed by atoms with Gasteiger partial charge in [0.25, 0.3) is 5.91 Å². The molecule has 5 nitrogen and oxygen atoms in total. The molecule has 1 aliphatic rings. The van der Waals surface area contributed by atoms with E-state index in [9.17, 15) is 14.0 Å². The summed E-state index contributed by atoms with van der Waals surface area (Å²) in [6, 6.07) is 5.99. The van der Waals surface area contributed by atoms with Crippen LogP contribution in [0.25, 0.3) is 11.3 Å². The standard InChI is InChI=1S/C18H18FN3O2S/c1-11-14(8-13(17(20)23)9-15(11)19)16-3-2-12(10-21-16)18(24)22-4-6-25-7-5-22/h2-3,8-10H,4-7H2,1H3,(H2,20,23). The first kappa shape index (κ1) is 17.4. The Balaban J connectivity index is 1.90. The molecule has 0 aliphatic carbocycles. The molecule has 1 aromatic carbocycles. The molecule has 0 saturated carbocycles. The maximum atomic E-state index is 14.0. The molecule has 2 amide bonds. The summed E-state index contributed by atoms with van der Waals surface area (Å²) in [6.45, 7) is 3.08. The minimum atomic E-state index is -0.699. The van der Waals surface area contributed by atoms with E-state index in [0.717, 1.165) is 30.7 Å². The average molecular weight is 359 g/mol. The molecular formula is C18H18FN3O2S. The SMILES string of the molecule is Cc1c(F)cc(C(N)=O)cc1-c1ccc(C(=O)N2CCSCC2)cn1. The van der Waals surface area contributed by atoms with Gasteiger partial charge in [-0.3, -0.25) is 14.6 Å². The fourth-order valence-corrected chi connectivity index (χ4v) is 3.62. The minimum absolute atomic E-state index is 0.0480. The largest absolute Gasteiger partial charge is 0.366 e. The summed E-state index contributed by atoms with van der Waals surface area (Å²) in [5.74, 6) is 0.618. The second-order valence-electron chi connectivity index (χ2n) is 5.83. The zero-order chi connectivity index (χ0) is 18.0. The van der Waals surface area contributed by atoms with Crippen LogP contribution in [0.3, 0.4) is 0 Å². The lowest BCUT2D eigenvalue weighted by Crippen LogP contribution is -2.37. The van der Waals surface area contributed by atoms with E-state index in [-0.39, 0.29) is 11.5 Å². The molecule has 0 bridgehead atoms. The Bertz CT molecular complexity index is 818. The number of pyridine rings is 1. The topological polar surface area (TPSA) is 76.3 Å². The number of benzene rings is 1. The number of nitrogens with two attached hydrogens (primary N) is 1. The van der Waals surface area contributed by atoms with Gasteiger partial charge in [0.2, 0.25) is 5.91 Å². The van der Waals surface area contributed by atoms with Crippen LogP contribution in [0.5, 0.6) is 0 Å². The number of thioether (sulfide) groups is 1. The summed E-state index contributed by atoms with van der Waals surface area (Å²) in [5, 5.41) is 0. The van der Waals surface area contributed by atoms with E-state index in [1.807, 2.05) is 16.7 Å². The lowest BCUT2D eigenvalue weighted by Gasteiger charge is -2.26. The third-order valence-corrected chi connectivity index (χ3v) is 5.16. The highest BCUT2D eigenvalue weighted by atomic mass is 32.2. The summed E-state index contributed by atoms with van der Waals surface area (Å²) < 4.78 is 14.0. The number of carbonyl (C=O) groups is 2. The van der Waals surface area contributed by atoms with Crippen LogP contribution in [0.2, 0.25) is 0 Å². The van der Waals surface area contributed by atoms with E-state index in [4.69, 9.17) is 5.73 Å². The minimum Gasteiger partial charge on any atom is -0.366 e. The lowest BCUT2D eigenvalue weighted by atomic mass is 10.0. The fourth-order valence-electron chi connectivity index (χ4n) is 2.72. The Morgan fingerprint density at radius 3 is 2.52 bits per heavy atom. The molecule has 1 fully saturated rings. The molecule has 3 rings (SSSR count). The highest BCUT2D eigenvalue weighted by Gasteiger charge is 2.19. The average Bonchev–Trinajstić information content (AvgIpc) is 2.64. The van der Waals surface area contributed by atoms with Crippen molar-refractivity contribution in [3.8, 4) is 11.3 Å². The maximum absolute atomic E-state index is 14.0. The van der Waals surface area contributed by atoms with Crippen LogP contribution in [0.4, 0.5) is 4.39 Å². The van der Waals surface area contributed by atoms with Gasteiger partial charge in [-0.2, -0.15) is 11.8 Å². The smallest absolute Gasteiger partial charge is 0.255 e. The first-order valence-corrected chi connectivity index (χ1v) is 9.06. The Morgan fingerprint density at radius 1 is 1.20 bits per heavy atom. The van der Waals surface area contributed by atoms with Crippen LogP contribution >= 0.6 is 11.8 Å². The van der Waals surface area contributed by atoms with Crippen LogP contribution in [0.1, 0.15) is 26.3 Å². The van der Waals surface area contributed by atoms with Crippen LogP contribution in [-0.4, -0.2) is 46.3 Å². The molecule has 2 heterocycles. The van der Waals surface area contributed by atoms with Gasteiger partial charge in [0.05, 0.1) is 11.3 Å². The van der Waals surface area contributed by atoms with Crippen LogP contribution < -0.4 is 5.73 Å². The summed E-state index contributed by atoms with van der Waals surface area (Å²) in [6.07, 6.45) is 1.49. The lowest BCUT2D eigenvalue weighted by molar-refractivity contribution is 0.0771. The van der Waals surface area contributed by atoms with Gasteiger partial charge >= 0.3 is 0 Å². The molecular weight excluding hydrogens is 341 g/mol. The molecule has 1 aromatic heterocycles. The van der Waals surface area contributed by atoms with Gasteiger partial charge in [0.15, 0.2) is 0 Å². The van der Waals surface area contributed by atoms with E-state index in [0.29, 0.717) is 22.4 Å². The van der Waals surface area contributed by atoms with E-state index in [1.165, 1.54) is 12.3 Å². The molecule has 0 radical (unpaired) electrons. The van der Waals surface area contributed by atoms with Crippen molar-refractivity contribution in [1.82, 2.24) is 9.88 Å². The van der Waals surface area contributed by atoms with Crippen LogP contribution in [0.15, 0.2) is 30.5 Å². The van der Waals surface area contributed by atoms with Gasteiger partial charge in [-0.1, -0.05) is 0 Å². The van der Waals surface area contributed by atoms with Crippen LogP contribution in [0, 0.1) is 12.7 Å². The van der Waals surface area contributed by atoms with Crippen molar-refractivity contribution in [3.05, 3.63) is 53.0 Å². The molecule has 2 N–H and O–H groups in total. The van der Waals surface area contributed by atoms with E-state index < -0.39 is 11.7 Å². The van der Waals surface area contributed by atoms with Crippen LogP contribution in [-0.2, 0) is 0 Å². The van der Waals surface area contributed by atoms with Crippen molar-refractivity contribution in [2.45, 2.75) is 6.92 Å². The Hall–Kier alpha value is -2.41. The number of hydrogen-bond acceptors (Lipinski definition) is 4. The molecule has 0 spiro atoms. The van der Waals surface area contributed by atoms with Gasteiger partial charge in [-0.15, -0.1) is 0 Å². The number of primary amides is 1. The van der Waals surface area contributed by atoms with Crippen molar-refractivity contribution in [1.29, 1.82) is 0 Å². The quantitative estimate of drug-likeness (QED) is 0.913. The summed E-state index contributed by atoms with van der Waals surface area (Å²) in [4.78, 5) is 29.9. The molecule has 7 heteroatoms. The number of amides is 2. The van der Waals surface area contributed by atoms with Gasteiger partial charge in [0.1, 0.15) is 5.82 Å². The molecule has 2 aromatic rings. The number of hydrogen-bond donors (Lipinski definition) is 1. The molecule has 1 aliphatic heterocycles. The molecule has 1 saturated heterocycles. The van der Waals surface area contributed by atoms with Crippen molar-refractivity contribution >= 4 is 23.6 Å². The first-order valence-electron chi connectivity index (χ1n) is 7.91. The summed E-state index contributed by atoms with van der Waals surface area (Å²) in [7, 11) is 0. The molecule has 25 heavy (non-hydrogen) atoms. The Labute approximate surface area is 149 Å². The highest BCUT2D eigenvalue weighted by Crippen LogP contribution is 2.26. The Kier molecular flexibility index (Phi) is 5.03. The molecule has 130 valence electrons. The number of carbonyl (C=O) groups excluding carboxylic acids is 2. The number of rotatable bonds is 3. The monoisotopic (exact) mass is 359 g/mol. The van der Waals surface area contributed by atoms with Gasteiger partial charge in [-0.25, -0.2) is 4.39 Å². The summed E-state index contributed by atoms with van der Waals surface area (Å²) in [5.41, 5.74) is 7.20. The second kappa shape index (κ2) is 7.23. The zero-order valence-corrected chi connectivity index (χ0v) is 14.6. The van der Waals surface area contributed by atoms with Gasteiger partial charge in [0, 0.05) is 41.9 Å². The third-order valence-electron chi connectivity index (χ3n) is 4.21. The van der Waals surface area contributed by atoms with E-state index in [2.05, 4.69) is 4.98 Å². The highest BCUT2D eigenvalue weighted by molar-refractivity contribution is 7.99. The normalized spacial score (nSPS) is 14.4.